The fourth-order valence-electron chi connectivity index (χ4n) is 1.72. The van der Waals surface area contributed by atoms with Gasteiger partial charge in [-0.05, 0) is 24.1 Å². The molecule has 0 aliphatic heterocycles. The molecule has 0 unspecified atom stereocenters. The lowest BCUT2D eigenvalue weighted by atomic mass is 10.1. The molecule has 0 aliphatic carbocycles. The zero-order valence-electron chi connectivity index (χ0n) is 11.4. The lowest BCUT2D eigenvalue weighted by Gasteiger charge is -2.08. The van der Waals surface area contributed by atoms with Crippen LogP contribution in [0.2, 0.25) is 0 Å². The SMILES string of the molecule is CCCNc1cc(Nc2ccc(CC#N)cc2)ncn1. The molecule has 1 heterocycles. The van der Waals surface area contributed by atoms with Crippen molar-refractivity contribution in [3.8, 4) is 6.07 Å². The summed E-state index contributed by atoms with van der Waals surface area (Å²) >= 11 is 0. The van der Waals surface area contributed by atoms with E-state index < -0.39 is 0 Å². The molecule has 0 saturated heterocycles. The fourth-order valence-corrected chi connectivity index (χ4v) is 1.72. The standard InChI is InChI=1S/C15H17N5/c1-2-9-17-14-10-15(19-11-18-14)20-13-5-3-12(4-6-13)7-8-16/h3-6,10-11H,2,7,9H2,1H3,(H2,17,18,19,20). The first-order valence-electron chi connectivity index (χ1n) is 6.60. The number of nitriles is 1. The van der Waals surface area contributed by atoms with Crippen LogP contribution < -0.4 is 10.6 Å². The first-order valence-corrected chi connectivity index (χ1v) is 6.60. The first-order chi connectivity index (χ1) is 9.81. The zero-order chi connectivity index (χ0) is 14.2. The molecule has 0 bridgehead atoms. The Balaban J connectivity index is 2.03. The average molecular weight is 267 g/mol. The molecule has 2 aromatic rings. The van der Waals surface area contributed by atoms with E-state index in [1.807, 2.05) is 30.3 Å². The van der Waals surface area contributed by atoms with Crippen molar-refractivity contribution in [3.63, 3.8) is 0 Å². The van der Waals surface area contributed by atoms with Crippen LogP contribution in [0.3, 0.4) is 0 Å². The minimum atomic E-state index is 0.429. The van der Waals surface area contributed by atoms with E-state index in [0.717, 1.165) is 35.9 Å². The van der Waals surface area contributed by atoms with Gasteiger partial charge in [0.15, 0.2) is 0 Å². The number of benzene rings is 1. The largest absolute Gasteiger partial charge is 0.370 e. The summed E-state index contributed by atoms with van der Waals surface area (Å²) in [5.74, 6) is 1.55. The predicted octanol–water partition coefficient (Wildman–Crippen LogP) is 3.11. The van der Waals surface area contributed by atoms with E-state index in [1.54, 1.807) is 0 Å². The van der Waals surface area contributed by atoms with Crippen LogP contribution in [-0.4, -0.2) is 16.5 Å². The third-order valence-corrected chi connectivity index (χ3v) is 2.73. The first kappa shape index (κ1) is 13.8. The van der Waals surface area contributed by atoms with Crippen LogP contribution in [0.15, 0.2) is 36.7 Å². The van der Waals surface area contributed by atoms with Crippen LogP contribution in [-0.2, 0) is 6.42 Å². The number of anilines is 3. The maximum Gasteiger partial charge on any atom is 0.135 e. The van der Waals surface area contributed by atoms with Gasteiger partial charge >= 0.3 is 0 Å². The van der Waals surface area contributed by atoms with Crippen molar-refractivity contribution in [2.75, 3.05) is 17.2 Å². The summed E-state index contributed by atoms with van der Waals surface area (Å²) in [6.45, 7) is 3.00. The zero-order valence-corrected chi connectivity index (χ0v) is 11.4. The van der Waals surface area contributed by atoms with E-state index in [4.69, 9.17) is 5.26 Å². The molecule has 20 heavy (non-hydrogen) atoms. The number of nitrogens with one attached hydrogen (secondary N) is 2. The summed E-state index contributed by atoms with van der Waals surface area (Å²) in [7, 11) is 0. The average Bonchev–Trinajstić information content (AvgIpc) is 2.48. The highest BCUT2D eigenvalue weighted by Crippen LogP contribution is 2.17. The van der Waals surface area contributed by atoms with Crippen LogP contribution in [0.25, 0.3) is 0 Å². The summed E-state index contributed by atoms with van der Waals surface area (Å²) in [6, 6.07) is 11.7. The van der Waals surface area contributed by atoms with Crippen LogP contribution >= 0.6 is 0 Å². The number of hydrogen-bond acceptors (Lipinski definition) is 5. The number of aromatic nitrogens is 2. The van der Waals surface area contributed by atoms with E-state index in [2.05, 4.69) is 33.6 Å². The van der Waals surface area contributed by atoms with E-state index in [1.165, 1.54) is 6.33 Å². The van der Waals surface area contributed by atoms with Crippen molar-refractivity contribution >= 4 is 17.3 Å². The topological polar surface area (TPSA) is 73.6 Å². The maximum absolute atomic E-state index is 8.64. The van der Waals surface area contributed by atoms with E-state index in [9.17, 15) is 0 Å². The lowest BCUT2D eigenvalue weighted by Crippen LogP contribution is -2.03. The fraction of sp³-hybridized carbons (Fsp3) is 0.267. The molecule has 0 aliphatic rings. The minimum Gasteiger partial charge on any atom is -0.370 e. The molecule has 5 nitrogen and oxygen atoms in total. The van der Waals surface area contributed by atoms with Crippen LogP contribution in [0.1, 0.15) is 18.9 Å². The lowest BCUT2D eigenvalue weighted by molar-refractivity contribution is 0.965. The van der Waals surface area contributed by atoms with Crippen LogP contribution in [0.5, 0.6) is 0 Å². The molecule has 0 atom stereocenters. The quantitative estimate of drug-likeness (QED) is 0.841. The Kier molecular flexibility index (Phi) is 4.90. The Morgan fingerprint density at radius 2 is 1.90 bits per heavy atom. The van der Waals surface area contributed by atoms with E-state index in [-0.39, 0.29) is 0 Å². The Labute approximate surface area is 118 Å². The summed E-state index contributed by atoms with van der Waals surface area (Å²) < 4.78 is 0. The smallest absolute Gasteiger partial charge is 0.135 e. The van der Waals surface area contributed by atoms with Gasteiger partial charge in [-0.3, -0.25) is 0 Å². The highest BCUT2D eigenvalue weighted by Gasteiger charge is 1.99. The highest BCUT2D eigenvalue weighted by molar-refractivity contribution is 5.59. The van der Waals surface area contributed by atoms with Gasteiger partial charge in [-0.25, -0.2) is 9.97 Å². The van der Waals surface area contributed by atoms with Crippen LogP contribution in [0, 0.1) is 11.3 Å². The van der Waals surface area contributed by atoms with Crippen molar-refractivity contribution < 1.29 is 0 Å². The molecule has 2 rings (SSSR count). The molecule has 1 aromatic carbocycles. The van der Waals surface area contributed by atoms with Gasteiger partial charge in [0.1, 0.15) is 18.0 Å². The molecule has 1 aromatic heterocycles. The van der Waals surface area contributed by atoms with Gasteiger partial charge < -0.3 is 10.6 Å². The minimum absolute atomic E-state index is 0.429. The summed E-state index contributed by atoms with van der Waals surface area (Å²) in [5, 5.41) is 15.1. The van der Waals surface area contributed by atoms with Crippen molar-refractivity contribution in [2.24, 2.45) is 0 Å². The summed E-state index contributed by atoms with van der Waals surface area (Å²) in [6.07, 6.45) is 3.01. The molecule has 2 N–H and O–H groups in total. The Morgan fingerprint density at radius 3 is 2.60 bits per heavy atom. The molecule has 5 heteroatoms. The van der Waals surface area contributed by atoms with Crippen LogP contribution in [0.4, 0.5) is 17.3 Å². The molecule has 102 valence electrons. The third kappa shape index (κ3) is 3.95. The molecular weight excluding hydrogens is 250 g/mol. The molecule has 0 radical (unpaired) electrons. The highest BCUT2D eigenvalue weighted by atomic mass is 15.1. The summed E-state index contributed by atoms with van der Waals surface area (Å²) in [4.78, 5) is 8.35. The monoisotopic (exact) mass is 267 g/mol. The van der Waals surface area contributed by atoms with Crippen molar-refractivity contribution in [3.05, 3.63) is 42.2 Å². The second kappa shape index (κ2) is 7.10. The normalized spacial score (nSPS) is 9.80. The van der Waals surface area contributed by atoms with Gasteiger partial charge in [-0.1, -0.05) is 19.1 Å². The third-order valence-electron chi connectivity index (χ3n) is 2.73. The second-order valence-corrected chi connectivity index (χ2v) is 4.37. The number of hydrogen-bond donors (Lipinski definition) is 2. The van der Waals surface area contributed by atoms with Gasteiger partial charge in [-0.15, -0.1) is 0 Å². The van der Waals surface area contributed by atoms with Gasteiger partial charge in [-0.2, -0.15) is 5.26 Å². The van der Waals surface area contributed by atoms with Gasteiger partial charge in [0.25, 0.3) is 0 Å². The van der Waals surface area contributed by atoms with Gasteiger partial charge in [0.2, 0.25) is 0 Å². The Morgan fingerprint density at radius 1 is 1.15 bits per heavy atom. The molecular formula is C15H17N5. The number of nitrogens with zero attached hydrogens (tertiary/aromatic N) is 3. The van der Waals surface area contributed by atoms with Crippen molar-refractivity contribution in [2.45, 2.75) is 19.8 Å². The molecule has 0 spiro atoms. The van der Waals surface area contributed by atoms with Crippen molar-refractivity contribution in [1.29, 1.82) is 5.26 Å². The number of rotatable bonds is 6. The Bertz CT molecular complexity index is 586. The van der Waals surface area contributed by atoms with Gasteiger partial charge in [0.05, 0.1) is 12.5 Å². The summed E-state index contributed by atoms with van der Waals surface area (Å²) in [5.41, 5.74) is 1.94. The van der Waals surface area contributed by atoms with E-state index >= 15 is 0 Å². The molecule has 0 fully saturated rings. The maximum atomic E-state index is 8.64. The van der Waals surface area contributed by atoms with E-state index in [0.29, 0.717) is 6.42 Å². The van der Waals surface area contributed by atoms with Crippen molar-refractivity contribution in [1.82, 2.24) is 9.97 Å². The predicted molar refractivity (Wildman–Crippen MR) is 79.9 cm³/mol. The van der Waals surface area contributed by atoms with Gasteiger partial charge in [0, 0.05) is 18.3 Å². The Hall–Kier alpha value is -2.61. The molecule has 0 amide bonds. The molecule has 0 saturated carbocycles. The second-order valence-electron chi connectivity index (χ2n) is 4.37.